The zero-order chi connectivity index (χ0) is 21.5. The number of amides is 1. The van der Waals surface area contributed by atoms with Gasteiger partial charge in [0.05, 0.1) is 0 Å². The van der Waals surface area contributed by atoms with Gasteiger partial charge < -0.3 is 10.6 Å². The van der Waals surface area contributed by atoms with Crippen LogP contribution in [-0.2, 0) is 4.79 Å². The Bertz CT molecular complexity index is 857. The van der Waals surface area contributed by atoms with Crippen LogP contribution in [0.5, 0.6) is 0 Å². The largest absolute Gasteiger partial charge is 0.360 e. The summed E-state index contributed by atoms with van der Waals surface area (Å²) >= 11 is 0. The van der Waals surface area contributed by atoms with Crippen LogP contribution in [-0.4, -0.2) is 11.9 Å². The summed E-state index contributed by atoms with van der Waals surface area (Å²) in [5.74, 6) is 2.64. The summed E-state index contributed by atoms with van der Waals surface area (Å²) in [5.41, 5.74) is 3.66. The van der Waals surface area contributed by atoms with Gasteiger partial charge >= 0.3 is 0 Å². The Morgan fingerprint density at radius 1 is 1.13 bits per heavy atom. The Hall–Kier alpha value is -2.28. The Morgan fingerprint density at radius 3 is 2.27 bits per heavy atom. The third kappa shape index (κ3) is 3.87. The number of nitrogens with zero attached hydrogens (tertiary/aromatic N) is 1. The van der Waals surface area contributed by atoms with Gasteiger partial charge in [-0.15, -0.1) is 0 Å². The predicted molar refractivity (Wildman–Crippen MR) is 121 cm³/mol. The fraction of sp³-hybridized carbons (Fsp3) is 0.615. The van der Waals surface area contributed by atoms with Crippen LogP contribution < -0.4 is 10.6 Å². The fourth-order valence-corrected chi connectivity index (χ4v) is 6.80. The van der Waals surface area contributed by atoms with Crippen molar-refractivity contribution in [3.05, 3.63) is 41.1 Å². The van der Waals surface area contributed by atoms with Crippen molar-refractivity contribution in [3.8, 4) is 6.07 Å². The SMILES string of the molecule is Cc1cccc(C(C)C)c1N/C=C(/C#N)C(=O)NC(C)C12CC3CC(CC(C3)C1)C2. The second kappa shape index (κ2) is 8.10. The highest BCUT2D eigenvalue weighted by atomic mass is 16.1. The second-order valence-corrected chi connectivity index (χ2v) is 10.5. The Labute approximate surface area is 181 Å². The quantitative estimate of drug-likeness (QED) is 0.474. The van der Waals surface area contributed by atoms with Gasteiger partial charge in [-0.25, -0.2) is 0 Å². The van der Waals surface area contributed by atoms with E-state index in [0.717, 1.165) is 29.0 Å². The molecule has 4 nitrogen and oxygen atoms in total. The molecule has 4 bridgehead atoms. The van der Waals surface area contributed by atoms with E-state index in [2.05, 4.69) is 43.5 Å². The second-order valence-electron chi connectivity index (χ2n) is 10.5. The summed E-state index contributed by atoms with van der Waals surface area (Å²) in [6.45, 7) is 8.50. The molecule has 2 N–H and O–H groups in total. The topological polar surface area (TPSA) is 64.9 Å². The van der Waals surface area contributed by atoms with Crippen LogP contribution in [0.4, 0.5) is 5.69 Å². The Morgan fingerprint density at radius 2 is 1.73 bits per heavy atom. The number of carbonyl (C=O) groups excluding carboxylic acids is 1. The predicted octanol–water partition coefficient (Wildman–Crippen LogP) is 5.66. The molecule has 0 aromatic heterocycles. The number of carbonyl (C=O) groups is 1. The van der Waals surface area contributed by atoms with Crippen molar-refractivity contribution in [2.75, 3.05) is 5.32 Å². The van der Waals surface area contributed by atoms with Crippen molar-refractivity contribution >= 4 is 11.6 Å². The molecule has 160 valence electrons. The molecule has 4 saturated carbocycles. The number of benzene rings is 1. The molecule has 1 atom stereocenters. The van der Waals surface area contributed by atoms with E-state index in [1.165, 1.54) is 44.1 Å². The third-order valence-electron chi connectivity index (χ3n) is 8.00. The molecule has 5 rings (SSSR count). The molecule has 4 fully saturated rings. The Kier molecular flexibility index (Phi) is 5.66. The number of para-hydroxylation sites is 1. The molecule has 0 aliphatic heterocycles. The average molecular weight is 406 g/mol. The monoisotopic (exact) mass is 405 g/mol. The summed E-state index contributed by atoms with van der Waals surface area (Å²) in [7, 11) is 0. The van der Waals surface area contributed by atoms with Crippen LogP contribution in [0.15, 0.2) is 30.0 Å². The molecule has 1 aromatic carbocycles. The number of nitriles is 1. The van der Waals surface area contributed by atoms with Gasteiger partial charge in [0, 0.05) is 17.9 Å². The van der Waals surface area contributed by atoms with Gasteiger partial charge in [0.15, 0.2) is 0 Å². The maximum absolute atomic E-state index is 13.0. The van der Waals surface area contributed by atoms with Crippen LogP contribution in [0.3, 0.4) is 0 Å². The van der Waals surface area contributed by atoms with Gasteiger partial charge in [-0.1, -0.05) is 32.0 Å². The number of hydrogen-bond acceptors (Lipinski definition) is 3. The maximum Gasteiger partial charge on any atom is 0.263 e. The van der Waals surface area contributed by atoms with Gasteiger partial charge in [0.25, 0.3) is 5.91 Å². The highest BCUT2D eigenvalue weighted by Crippen LogP contribution is 2.61. The maximum atomic E-state index is 13.0. The number of hydrogen-bond donors (Lipinski definition) is 2. The Balaban J connectivity index is 1.47. The molecule has 4 aliphatic carbocycles. The first-order valence-corrected chi connectivity index (χ1v) is 11.6. The normalized spacial score (nSPS) is 30.8. The lowest BCUT2D eigenvalue weighted by Gasteiger charge is -2.59. The summed E-state index contributed by atoms with van der Waals surface area (Å²) in [4.78, 5) is 13.0. The zero-order valence-electron chi connectivity index (χ0n) is 18.8. The highest BCUT2D eigenvalue weighted by Gasteiger charge is 2.53. The molecule has 4 aliphatic rings. The minimum atomic E-state index is -0.257. The minimum Gasteiger partial charge on any atom is -0.360 e. The lowest BCUT2D eigenvalue weighted by molar-refractivity contribution is -0.122. The van der Waals surface area contributed by atoms with E-state index in [4.69, 9.17) is 0 Å². The van der Waals surface area contributed by atoms with Gasteiger partial charge in [-0.3, -0.25) is 4.79 Å². The first-order chi connectivity index (χ1) is 14.3. The number of nitrogens with one attached hydrogen (secondary N) is 2. The van der Waals surface area contributed by atoms with Crippen molar-refractivity contribution in [2.45, 2.75) is 78.2 Å². The van der Waals surface area contributed by atoms with E-state index in [0.29, 0.717) is 5.92 Å². The lowest BCUT2D eigenvalue weighted by atomic mass is 9.48. The molecular weight excluding hydrogens is 370 g/mol. The smallest absolute Gasteiger partial charge is 0.263 e. The molecular formula is C26H35N3O. The minimum absolute atomic E-state index is 0.111. The average Bonchev–Trinajstić information content (AvgIpc) is 2.68. The fourth-order valence-electron chi connectivity index (χ4n) is 6.80. The molecule has 0 saturated heterocycles. The van der Waals surface area contributed by atoms with E-state index in [1.807, 2.05) is 19.1 Å². The molecule has 0 spiro atoms. The van der Waals surface area contributed by atoms with Crippen molar-refractivity contribution in [3.63, 3.8) is 0 Å². The van der Waals surface area contributed by atoms with Crippen LogP contribution in [0.1, 0.15) is 76.3 Å². The van der Waals surface area contributed by atoms with Crippen molar-refractivity contribution in [1.82, 2.24) is 5.32 Å². The van der Waals surface area contributed by atoms with E-state index >= 15 is 0 Å². The molecule has 0 heterocycles. The van der Waals surface area contributed by atoms with Gasteiger partial charge in [-0.2, -0.15) is 5.26 Å². The number of anilines is 1. The first-order valence-electron chi connectivity index (χ1n) is 11.6. The van der Waals surface area contributed by atoms with Crippen LogP contribution in [0, 0.1) is 41.4 Å². The summed E-state index contributed by atoms with van der Waals surface area (Å²) in [6.07, 6.45) is 9.48. The summed E-state index contributed by atoms with van der Waals surface area (Å²) < 4.78 is 0. The zero-order valence-corrected chi connectivity index (χ0v) is 18.8. The molecule has 1 unspecified atom stereocenters. The van der Waals surface area contributed by atoms with Crippen LogP contribution >= 0.6 is 0 Å². The third-order valence-corrected chi connectivity index (χ3v) is 8.00. The van der Waals surface area contributed by atoms with Crippen molar-refractivity contribution in [1.29, 1.82) is 5.26 Å². The first kappa shape index (κ1) is 21.0. The highest BCUT2D eigenvalue weighted by molar-refractivity contribution is 5.97. The van der Waals surface area contributed by atoms with Gasteiger partial charge in [0.1, 0.15) is 11.6 Å². The van der Waals surface area contributed by atoms with E-state index < -0.39 is 0 Å². The summed E-state index contributed by atoms with van der Waals surface area (Å²) in [6, 6.07) is 8.40. The van der Waals surface area contributed by atoms with Gasteiger partial charge in [0.2, 0.25) is 0 Å². The van der Waals surface area contributed by atoms with Crippen molar-refractivity contribution in [2.24, 2.45) is 23.2 Å². The molecule has 1 amide bonds. The van der Waals surface area contributed by atoms with Crippen LogP contribution in [0.2, 0.25) is 0 Å². The standard InChI is InChI=1S/C26H35N3O/c1-16(2)23-7-5-6-17(3)24(23)28-15-22(14-27)25(30)29-18(4)26-11-19-8-20(12-26)10-21(9-19)13-26/h5-7,15-16,18-21,28H,8-13H2,1-4H3,(H,29,30)/b22-15-. The molecule has 0 radical (unpaired) electrons. The lowest BCUT2D eigenvalue weighted by Crippen LogP contribution is -2.56. The van der Waals surface area contributed by atoms with E-state index in [9.17, 15) is 10.1 Å². The number of rotatable bonds is 6. The molecule has 30 heavy (non-hydrogen) atoms. The molecule has 4 heteroatoms. The summed E-state index contributed by atoms with van der Waals surface area (Å²) in [5, 5.41) is 16.1. The van der Waals surface area contributed by atoms with Gasteiger partial charge in [-0.05, 0) is 92.6 Å². The molecule has 1 aromatic rings. The van der Waals surface area contributed by atoms with E-state index in [-0.39, 0.29) is 22.9 Å². The van der Waals surface area contributed by atoms with Crippen LogP contribution in [0.25, 0.3) is 0 Å². The number of aryl methyl sites for hydroxylation is 1. The van der Waals surface area contributed by atoms with Crippen molar-refractivity contribution < 1.29 is 4.79 Å². The van der Waals surface area contributed by atoms with E-state index in [1.54, 1.807) is 6.20 Å².